The van der Waals surface area contributed by atoms with E-state index in [9.17, 15) is 0 Å². The van der Waals surface area contributed by atoms with Gasteiger partial charge in [-0.25, -0.2) is 0 Å². The summed E-state index contributed by atoms with van der Waals surface area (Å²) in [6.45, 7) is 3.71. The monoisotopic (exact) mass is 143 g/mol. The predicted molar refractivity (Wildman–Crippen MR) is 44.5 cm³/mol. The predicted octanol–water partition coefficient (Wildman–Crippen LogP) is 0.00550. The van der Waals surface area contributed by atoms with Crippen LogP contribution in [0, 0.1) is 0 Å². The van der Waals surface area contributed by atoms with Crippen molar-refractivity contribution < 1.29 is 0 Å². The van der Waals surface area contributed by atoms with Crippen LogP contribution in [-0.2, 0) is 0 Å². The zero-order valence-corrected chi connectivity index (χ0v) is 6.78. The summed E-state index contributed by atoms with van der Waals surface area (Å²) in [5, 5.41) is 6.14. The van der Waals surface area contributed by atoms with Gasteiger partial charge in [-0.2, -0.15) is 0 Å². The van der Waals surface area contributed by atoms with Crippen molar-refractivity contribution in [1.29, 1.82) is 0 Å². The van der Waals surface area contributed by atoms with Gasteiger partial charge in [-0.3, -0.25) is 0 Å². The average molecular weight is 143 g/mol. The molecule has 0 aromatic carbocycles. The van der Waals surface area contributed by atoms with E-state index in [0.717, 1.165) is 25.2 Å². The molecule has 3 heteroatoms. The fraction of sp³-hybridized carbons (Fsp3) is 0.714. The maximum absolute atomic E-state index is 5.30. The maximum Gasteiger partial charge on any atom is 0.0232 e. The summed E-state index contributed by atoms with van der Waals surface area (Å²) in [6, 6.07) is 0. The van der Waals surface area contributed by atoms with E-state index in [1.54, 1.807) is 0 Å². The first kappa shape index (κ1) is 9.30. The first-order valence-electron chi connectivity index (χ1n) is 3.59. The molecule has 0 radical (unpaired) electrons. The first-order valence-corrected chi connectivity index (χ1v) is 3.59. The minimum atomic E-state index is 0.749. The average Bonchev–Trinajstić information content (AvgIpc) is 1.98. The zero-order chi connectivity index (χ0) is 7.82. The Morgan fingerprint density at radius 1 is 1.60 bits per heavy atom. The Hall–Kier alpha value is -0.700. The molecule has 0 spiro atoms. The van der Waals surface area contributed by atoms with Crippen LogP contribution in [0.25, 0.3) is 0 Å². The van der Waals surface area contributed by atoms with Crippen LogP contribution in [0.15, 0.2) is 11.9 Å². The number of nitrogens with two attached hydrogens (primary N) is 1. The van der Waals surface area contributed by atoms with Gasteiger partial charge in [0.05, 0.1) is 0 Å². The fourth-order valence-corrected chi connectivity index (χ4v) is 0.502. The van der Waals surface area contributed by atoms with E-state index in [0.29, 0.717) is 0 Å². The SMILES string of the molecule is CN/C(C)=C\NCCCN. The molecule has 0 saturated heterocycles. The summed E-state index contributed by atoms with van der Waals surface area (Å²) in [4.78, 5) is 0. The molecule has 0 fully saturated rings. The number of hydrogen-bond donors (Lipinski definition) is 3. The molecule has 10 heavy (non-hydrogen) atoms. The highest BCUT2D eigenvalue weighted by Crippen LogP contribution is 1.79. The van der Waals surface area contributed by atoms with Crippen molar-refractivity contribution in [3.05, 3.63) is 11.9 Å². The Balaban J connectivity index is 3.16. The summed E-state index contributed by atoms with van der Waals surface area (Å²) in [7, 11) is 1.90. The molecule has 60 valence electrons. The molecule has 0 aliphatic rings. The lowest BCUT2D eigenvalue weighted by Crippen LogP contribution is -2.15. The molecule has 0 saturated carbocycles. The Morgan fingerprint density at radius 3 is 2.80 bits per heavy atom. The molecular formula is C7H17N3. The maximum atomic E-state index is 5.30. The highest BCUT2D eigenvalue weighted by Gasteiger charge is 1.81. The molecule has 0 aliphatic carbocycles. The topological polar surface area (TPSA) is 50.1 Å². The Morgan fingerprint density at radius 2 is 2.30 bits per heavy atom. The molecule has 0 aromatic rings. The summed E-state index contributed by atoms with van der Waals surface area (Å²) in [5.74, 6) is 0. The van der Waals surface area contributed by atoms with Gasteiger partial charge in [0.1, 0.15) is 0 Å². The minimum absolute atomic E-state index is 0.749. The van der Waals surface area contributed by atoms with Crippen LogP contribution in [0.3, 0.4) is 0 Å². The van der Waals surface area contributed by atoms with Gasteiger partial charge < -0.3 is 16.4 Å². The molecular weight excluding hydrogens is 126 g/mol. The van der Waals surface area contributed by atoms with Crippen LogP contribution in [-0.4, -0.2) is 20.1 Å². The van der Waals surface area contributed by atoms with Crippen molar-refractivity contribution >= 4 is 0 Å². The molecule has 0 bridgehead atoms. The highest BCUT2D eigenvalue weighted by atomic mass is 14.9. The van der Waals surface area contributed by atoms with E-state index >= 15 is 0 Å². The van der Waals surface area contributed by atoms with Crippen molar-refractivity contribution in [1.82, 2.24) is 10.6 Å². The Labute approximate surface area is 62.7 Å². The smallest absolute Gasteiger partial charge is 0.0232 e. The number of allylic oxidation sites excluding steroid dienone is 1. The van der Waals surface area contributed by atoms with Gasteiger partial charge in [-0.05, 0) is 19.9 Å². The molecule has 0 atom stereocenters. The van der Waals surface area contributed by atoms with Crippen LogP contribution in [0.2, 0.25) is 0 Å². The van der Waals surface area contributed by atoms with Gasteiger partial charge in [0.25, 0.3) is 0 Å². The van der Waals surface area contributed by atoms with E-state index in [1.165, 1.54) is 0 Å². The lowest BCUT2D eigenvalue weighted by atomic mass is 10.4. The van der Waals surface area contributed by atoms with Gasteiger partial charge in [0.2, 0.25) is 0 Å². The van der Waals surface area contributed by atoms with Crippen molar-refractivity contribution in [3.63, 3.8) is 0 Å². The molecule has 0 aromatic heterocycles. The normalized spacial score (nSPS) is 11.3. The second-order valence-corrected chi connectivity index (χ2v) is 2.17. The van der Waals surface area contributed by atoms with E-state index in [2.05, 4.69) is 10.6 Å². The zero-order valence-electron chi connectivity index (χ0n) is 6.78. The van der Waals surface area contributed by atoms with Gasteiger partial charge in [0, 0.05) is 25.5 Å². The standard InChI is InChI=1S/C7H17N3/c1-7(9-2)6-10-5-3-4-8/h6,9-10H,3-5,8H2,1-2H3/b7-6-. The van der Waals surface area contributed by atoms with Gasteiger partial charge >= 0.3 is 0 Å². The first-order chi connectivity index (χ1) is 4.81. The number of nitrogens with one attached hydrogen (secondary N) is 2. The largest absolute Gasteiger partial charge is 0.390 e. The molecule has 0 unspecified atom stereocenters. The highest BCUT2D eigenvalue weighted by molar-refractivity contribution is 4.91. The molecule has 0 heterocycles. The van der Waals surface area contributed by atoms with E-state index < -0.39 is 0 Å². The minimum Gasteiger partial charge on any atom is -0.390 e. The van der Waals surface area contributed by atoms with Crippen molar-refractivity contribution in [2.75, 3.05) is 20.1 Å². The molecule has 3 nitrogen and oxygen atoms in total. The van der Waals surface area contributed by atoms with Crippen LogP contribution < -0.4 is 16.4 Å². The van der Waals surface area contributed by atoms with Gasteiger partial charge in [-0.15, -0.1) is 0 Å². The van der Waals surface area contributed by atoms with Gasteiger partial charge in [0.15, 0.2) is 0 Å². The van der Waals surface area contributed by atoms with Crippen molar-refractivity contribution in [3.8, 4) is 0 Å². The second kappa shape index (κ2) is 6.42. The molecule has 0 rings (SSSR count). The fourth-order valence-electron chi connectivity index (χ4n) is 0.502. The lowest BCUT2D eigenvalue weighted by molar-refractivity contribution is 0.751. The van der Waals surface area contributed by atoms with Crippen LogP contribution >= 0.6 is 0 Å². The lowest BCUT2D eigenvalue weighted by Gasteiger charge is -2.01. The third-order valence-electron chi connectivity index (χ3n) is 1.24. The quantitative estimate of drug-likeness (QED) is 0.475. The van der Waals surface area contributed by atoms with Gasteiger partial charge in [-0.1, -0.05) is 0 Å². The third kappa shape index (κ3) is 5.44. The van der Waals surface area contributed by atoms with Crippen molar-refractivity contribution in [2.24, 2.45) is 5.73 Å². The summed E-state index contributed by atoms with van der Waals surface area (Å²) < 4.78 is 0. The van der Waals surface area contributed by atoms with E-state index in [4.69, 9.17) is 5.73 Å². The van der Waals surface area contributed by atoms with Crippen LogP contribution in [0.1, 0.15) is 13.3 Å². The van der Waals surface area contributed by atoms with Crippen LogP contribution in [0.5, 0.6) is 0 Å². The third-order valence-corrected chi connectivity index (χ3v) is 1.24. The van der Waals surface area contributed by atoms with Crippen molar-refractivity contribution in [2.45, 2.75) is 13.3 Å². The molecule has 0 amide bonds. The number of hydrogen-bond acceptors (Lipinski definition) is 3. The summed E-state index contributed by atoms with van der Waals surface area (Å²) >= 11 is 0. The molecule has 4 N–H and O–H groups in total. The number of rotatable bonds is 5. The Kier molecular flexibility index (Phi) is 5.97. The van der Waals surface area contributed by atoms with Crippen LogP contribution in [0.4, 0.5) is 0 Å². The summed E-state index contributed by atoms with van der Waals surface area (Å²) in [6.07, 6.45) is 2.98. The molecule has 0 aliphatic heterocycles. The Bertz CT molecular complexity index is 99.0. The summed E-state index contributed by atoms with van der Waals surface area (Å²) in [5.41, 5.74) is 6.44. The second-order valence-electron chi connectivity index (χ2n) is 2.17. The van der Waals surface area contributed by atoms with E-state index in [1.807, 2.05) is 20.2 Å². The van der Waals surface area contributed by atoms with E-state index in [-0.39, 0.29) is 0 Å².